The van der Waals surface area contributed by atoms with E-state index < -0.39 is 11.9 Å². The average Bonchev–Trinajstić information content (AvgIpc) is 2.26. The van der Waals surface area contributed by atoms with Gasteiger partial charge in [0.05, 0.1) is 24.4 Å². The Bertz CT molecular complexity index is 434. The first-order chi connectivity index (χ1) is 8.04. The van der Waals surface area contributed by atoms with E-state index in [1.165, 1.54) is 6.20 Å². The van der Waals surface area contributed by atoms with Crippen molar-refractivity contribution in [2.24, 2.45) is 5.73 Å². The zero-order valence-corrected chi connectivity index (χ0v) is 9.69. The molecule has 1 amide bonds. The fraction of sp³-hybridized carbons (Fsp3) is 0.400. The van der Waals surface area contributed by atoms with Crippen molar-refractivity contribution in [3.05, 3.63) is 17.5 Å². The van der Waals surface area contributed by atoms with Gasteiger partial charge in [-0.05, 0) is 13.8 Å². The molecule has 0 saturated carbocycles. The molecule has 1 aromatic heterocycles. The first kappa shape index (κ1) is 12.9. The standard InChI is InChI=1S/C10H14N4O3/c1-3-17-9(16)7-4-12-10(14-6(7)2)13-5-8(11)15/h4H,3,5H2,1-2H3,(H2,11,15)(H,12,13,14). The molecule has 0 aromatic carbocycles. The number of ether oxygens (including phenoxy) is 1. The van der Waals surface area contributed by atoms with Gasteiger partial charge < -0.3 is 15.8 Å². The van der Waals surface area contributed by atoms with Gasteiger partial charge in [-0.15, -0.1) is 0 Å². The number of amides is 1. The van der Waals surface area contributed by atoms with Crippen molar-refractivity contribution in [2.45, 2.75) is 13.8 Å². The van der Waals surface area contributed by atoms with E-state index in [0.717, 1.165) is 0 Å². The molecule has 0 unspecified atom stereocenters. The van der Waals surface area contributed by atoms with Crippen LogP contribution in [0, 0.1) is 6.92 Å². The van der Waals surface area contributed by atoms with Crippen LogP contribution in [0.25, 0.3) is 0 Å². The number of carbonyl (C=O) groups is 2. The molecule has 3 N–H and O–H groups in total. The second-order valence-corrected chi connectivity index (χ2v) is 3.23. The molecule has 0 aliphatic rings. The lowest BCUT2D eigenvalue weighted by molar-refractivity contribution is -0.116. The molecule has 17 heavy (non-hydrogen) atoms. The number of hydrogen-bond acceptors (Lipinski definition) is 6. The predicted molar refractivity (Wildman–Crippen MR) is 60.4 cm³/mol. The van der Waals surface area contributed by atoms with E-state index >= 15 is 0 Å². The van der Waals surface area contributed by atoms with E-state index in [9.17, 15) is 9.59 Å². The van der Waals surface area contributed by atoms with Gasteiger partial charge in [0.25, 0.3) is 0 Å². The van der Waals surface area contributed by atoms with Gasteiger partial charge in [0.1, 0.15) is 0 Å². The van der Waals surface area contributed by atoms with Gasteiger partial charge in [-0.2, -0.15) is 0 Å². The molecule has 0 bridgehead atoms. The molecular weight excluding hydrogens is 224 g/mol. The molecule has 7 nitrogen and oxygen atoms in total. The Labute approximate surface area is 98.4 Å². The highest BCUT2D eigenvalue weighted by Gasteiger charge is 2.12. The topological polar surface area (TPSA) is 107 Å². The number of anilines is 1. The largest absolute Gasteiger partial charge is 0.462 e. The van der Waals surface area contributed by atoms with Gasteiger partial charge >= 0.3 is 5.97 Å². The maximum Gasteiger partial charge on any atom is 0.341 e. The minimum Gasteiger partial charge on any atom is -0.462 e. The summed E-state index contributed by atoms with van der Waals surface area (Å²) in [5.74, 6) is -0.735. The first-order valence-electron chi connectivity index (χ1n) is 5.07. The Morgan fingerprint density at radius 2 is 2.24 bits per heavy atom. The normalized spacial score (nSPS) is 9.76. The highest BCUT2D eigenvalue weighted by Crippen LogP contribution is 2.08. The smallest absolute Gasteiger partial charge is 0.341 e. The van der Waals surface area contributed by atoms with E-state index in [4.69, 9.17) is 10.5 Å². The molecule has 0 aliphatic carbocycles. The Morgan fingerprint density at radius 3 is 2.76 bits per heavy atom. The predicted octanol–water partition coefficient (Wildman–Crippen LogP) is -0.141. The minimum absolute atomic E-state index is 0.0573. The van der Waals surface area contributed by atoms with Crippen molar-refractivity contribution in [3.63, 3.8) is 0 Å². The lowest BCUT2D eigenvalue weighted by Gasteiger charge is -2.06. The van der Waals surface area contributed by atoms with Crippen LogP contribution >= 0.6 is 0 Å². The van der Waals surface area contributed by atoms with Crippen LogP contribution in [0.1, 0.15) is 23.0 Å². The number of aryl methyl sites for hydroxylation is 1. The van der Waals surface area contributed by atoms with Crippen molar-refractivity contribution in [1.82, 2.24) is 9.97 Å². The van der Waals surface area contributed by atoms with E-state index in [0.29, 0.717) is 17.9 Å². The van der Waals surface area contributed by atoms with Gasteiger partial charge in [-0.3, -0.25) is 4.79 Å². The number of aromatic nitrogens is 2. The molecule has 7 heteroatoms. The first-order valence-corrected chi connectivity index (χ1v) is 5.07. The number of primary amides is 1. The molecule has 0 radical (unpaired) electrons. The summed E-state index contributed by atoms with van der Waals surface area (Å²) in [6, 6.07) is 0. The van der Waals surface area contributed by atoms with E-state index in [1.807, 2.05) is 0 Å². The molecule has 0 aliphatic heterocycles. The van der Waals surface area contributed by atoms with Gasteiger partial charge in [0.15, 0.2) is 0 Å². The van der Waals surface area contributed by atoms with Crippen LogP contribution in [0.3, 0.4) is 0 Å². The number of carbonyl (C=O) groups excluding carboxylic acids is 2. The summed E-state index contributed by atoms with van der Waals surface area (Å²) in [6.07, 6.45) is 1.35. The van der Waals surface area contributed by atoms with Crippen molar-refractivity contribution in [2.75, 3.05) is 18.5 Å². The van der Waals surface area contributed by atoms with Crippen LogP contribution in [0.15, 0.2) is 6.20 Å². The van der Waals surface area contributed by atoms with Gasteiger partial charge in [0.2, 0.25) is 11.9 Å². The van der Waals surface area contributed by atoms with Crippen molar-refractivity contribution < 1.29 is 14.3 Å². The minimum atomic E-state index is -0.513. The second-order valence-electron chi connectivity index (χ2n) is 3.23. The lowest BCUT2D eigenvalue weighted by Crippen LogP contribution is -2.23. The monoisotopic (exact) mass is 238 g/mol. The average molecular weight is 238 g/mol. The van der Waals surface area contributed by atoms with Gasteiger partial charge in [-0.25, -0.2) is 14.8 Å². The molecule has 1 heterocycles. The highest BCUT2D eigenvalue weighted by atomic mass is 16.5. The number of hydrogen-bond donors (Lipinski definition) is 2. The van der Waals surface area contributed by atoms with E-state index in [1.54, 1.807) is 13.8 Å². The van der Waals surface area contributed by atoms with E-state index in [-0.39, 0.29) is 12.5 Å². The van der Waals surface area contributed by atoms with Gasteiger partial charge in [0, 0.05) is 6.20 Å². The summed E-state index contributed by atoms with van der Waals surface area (Å²) in [4.78, 5) is 29.9. The molecule has 0 spiro atoms. The van der Waals surface area contributed by atoms with Crippen LogP contribution in [0.4, 0.5) is 5.95 Å². The molecule has 92 valence electrons. The Hall–Kier alpha value is -2.18. The second kappa shape index (κ2) is 5.78. The highest BCUT2D eigenvalue weighted by molar-refractivity contribution is 5.90. The summed E-state index contributed by atoms with van der Waals surface area (Å²) in [6.45, 7) is 3.61. The third kappa shape index (κ3) is 3.71. The van der Waals surface area contributed by atoms with Crippen molar-refractivity contribution >= 4 is 17.8 Å². The number of nitrogens with two attached hydrogens (primary N) is 1. The fourth-order valence-corrected chi connectivity index (χ4v) is 1.13. The number of nitrogens with one attached hydrogen (secondary N) is 1. The molecule has 1 rings (SSSR count). The van der Waals surface area contributed by atoms with Crippen molar-refractivity contribution in [1.29, 1.82) is 0 Å². The summed E-state index contributed by atoms with van der Waals surface area (Å²) in [7, 11) is 0. The molecule has 0 atom stereocenters. The Balaban J connectivity index is 2.79. The zero-order valence-electron chi connectivity index (χ0n) is 9.69. The Kier molecular flexibility index (Phi) is 4.38. The van der Waals surface area contributed by atoms with Crippen LogP contribution in [-0.2, 0) is 9.53 Å². The molecule has 0 saturated heterocycles. The maximum absolute atomic E-state index is 11.4. The summed E-state index contributed by atoms with van der Waals surface area (Å²) in [5, 5.41) is 2.63. The third-order valence-electron chi connectivity index (χ3n) is 1.90. The number of esters is 1. The molecule has 0 fully saturated rings. The lowest BCUT2D eigenvalue weighted by atomic mass is 10.2. The van der Waals surface area contributed by atoms with Crippen LogP contribution in [-0.4, -0.2) is 35.0 Å². The quantitative estimate of drug-likeness (QED) is 0.691. The SMILES string of the molecule is CCOC(=O)c1cnc(NCC(N)=O)nc1C. The summed E-state index contributed by atoms with van der Waals surface area (Å²) in [5.41, 5.74) is 5.74. The Morgan fingerprint density at radius 1 is 1.53 bits per heavy atom. The summed E-state index contributed by atoms with van der Waals surface area (Å²) >= 11 is 0. The third-order valence-corrected chi connectivity index (χ3v) is 1.90. The van der Waals surface area contributed by atoms with E-state index in [2.05, 4.69) is 15.3 Å². The van der Waals surface area contributed by atoms with Crippen LogP contribution in [0.5, 0.6) is 0 Å². The van der Waals surface area contributed by atoms with Crippen LogP contribution in [0.2, 0.25) is 0 Å². The van der Waals surface area contributed by atoms with Crippen LogP contribution < -0.4 is 11.1 Å². The van der Waals surface area contributed by atoms with Crippen molar-refractivity contribution in [3.8, 4) is 0 Å². The maximum atomic E-state index is 11.4. The molecular formula is C10H14N4O3. The van der Waals surface area contributed by atoms with Gasteiger partial charge in [-0.1, -0.05) is 0 Å². The summed E-state index contributed by atoms with van der Waals surface area (Å²) < 4.78 is 4.83. The number of rotatable bonds is 5. The number of nitrogens with zero attached hydrogens (tertiary/aromatic N) is 2. The zero-order chi connectivity index (χ0) is 12.8. The molecule has 1 aromatic rings. The fourth-order valence-electron chi connectivity index (χ4n) is 1.13.